The summed E-state index contributed by atoms with van der Waals surface area (Å²) in [5.41, 5.74) is 0. The summed E-state index contributed by atoms with van der Waals surface area (Å²) >= 11 is 0. The van der Waals surface area contributed by atoms with Gasteiger partial charge in [-0.1, -0.05) is 0 Å². The molecular weight excluding hydrogens is 240 g/mol. The van der Waals surface area contributed by atoms with Crippen LogP contribution in [-0.4, -0.2) is 74.0 Å². The zero-order valence-corrected chi connectivity index (χ0v) is 10.3. The van der Waals surface area contributed by atoms with Crippen LogP contribution >= 0.6 is 0 Å². The van der Waals surface area contributed by atoms with Crippen LogP contribution in [0.2, 0.25) is 0 Å². The van der Waals surface area contributed by atoms with Crippen LogP contribution in [0.15, 0.2) is 0 Å². The van der Waals surface area contributed by atoms with Gasteiger partial charge in [-0.05, 0) is 7.05 Å². The fraction of sp³-hybridized carbons (Fsp3) is 0.818. The molecule has 102 valence electrons. The highest BCUT2D eigenvalue weighted by molar-refractivity contribution is 5.86. The number of hydrogen-bond donors (Lipinski definition) is 2. The quantitative estimate of drug-likeness (QED) is 0.643. The smallest absolute Gasteiger partial charge is 0.328 e. The fourth-order valence-corrected chi connectivity index (χ4v) is 2.37. The van der Waals surface area contributed by atoms with Crippen LogP contribution in [0.5, 0.6) is 0 Å². The molecule has 2 heterocycles. The van der Waals surface area contributed by atoms with Crippen molar-refractivity contribution in [3.63, 3.8) is 0 Å². The van der Waals surface area contributed by atoms with Gasteiger partial charge in [-0.2, -0.15) is 0 Å². The number of rotatable bonds is 3. The van der Waals surface area contributed by atoms with E-state index in [1.165, 1.54) is 4.90 Å². The fourth-order valence-electron chi connectivity index (χ4n) is 2.37. The number of ether oxygens (including phenoxy) is 2. The number of carboxylic acids is 1. The van der Waals surface area contributed by atoms with Gasteiger partial charge in [0.2, 0.25) is 5.91 Å². The van der Waals surface area contributed by atoms with Gasteiger partial charge in [-0.3, -0.25) is 4.79 Å². The van der Waals surface area contributed by atoms with Crippen LogP contribution < -0.4 is 5.32 Å². The van der Waals surface area contributed by atoms with E-state index in [2.05, 4.69) is 5.32 Å². The van der Waals surface area contributed by atoms with Gasteiger partial charge < -0.3 is 24.8 Å². The van der Waals surface area contributed by atoms with Crippen molar-refractivity contribution in [1.29, 1.82) is 0 Å². The maximum Gasteiger partial charge on any atom is 0.328 e. The second-order valence-corrected chi connectivity index (χ2v) is 4.50. The molecule has 2 N–H and O–H groups in total. The maximum atomic E-state index is 12.4. The monoisotopic (exact) mass is 258 g/mol. The van der Waals surface area contributed by atoms with Crippen LogP contribution in [0.3, 0.4) is 0 Å². The molecule has 0 saturated carbocycles. The first kappa shape index (κ1) is 13.3. The Morgan fingerprint density at radius 2 is 2.06 bits per heavy atom. The van der Waals surface area contributed by atoms with E-state index in [0.717, 1.165) is 0 Å². The summed E-state index contributed by atoms with van der Waals surface area (Å²) in [6.07, 6.45) is 0. The summed E-state index contributed by atoms with van der Waals surface area (Å²) in [5, 5.41) is 12.1. The second-order valence-electron chi connectivity index (χ2n) is 4.50. The first-order chi connectivity index (χ1) is 8.65. The summed E-state index contributed by atoms with van der Waals surface area (Å²) in [6, 6.07) is -0.931. The number of amides is 1. The Labute approximate surface area is 105 Å². The summed E-state index contributed by atoms with van der Waals surface area (Å²) in [5.74, 6) is -1.50. The van der Waals surface area contributed by atoms with Gasteiger partial charge in [0.1, 0.15) is 0 Å². The van der Waals surface area contributed by atoms with Gasteiger partial charge in [0.15, 0.2) is 6.04 Å². The number of carboxylic acid groups (broad SMARTS) is 1. The molecule has 2 aliphatic heterocycles. The molecule has 3 unspecified atom stereocenters. The van der Waals surface area contributed by atoms with E-state index in [4.69, 9.17) is 14.6 Å². The highest BCUT2D eigenvalue weighted by atomic mass is 16.5. The second kappa shape index (κ2) is 5.64. The van der Waals surface area contributed by atoms with Gasteiger partial charge >= 0.3 is 5.97 Å². The molecule has 0 spiro atoms. The third kappa shape index (κ3) is 2.47. The number of hydrogen-bond acceptors (Lipinski definition) is 5. The van der Waals surface area contributed by atoms with Crippen molar-refractivity contribution in [2.45, 2.75) is 12.1 Å². The molecule has 2 aliphatic rings. The van der Waals surface area contributed by atoms with E-state index in [9.17, 15) is 9.59 Å². The number of nitrogens with one attached hydrogen (secondary N) is 1. The molecular formula is C11H18N2O5. The van der Waals surface area contributed by atoms with E-state index in [1.807, 2.05) is 0 Å². The largest absolute Gasteiger partial charge is 0.480 e. The molecule has 18 heavy (non-hydrogen) atoms. The van der Waals surface area contributed by atoms with E-state index in [1.54, 1.807) is 7.05 Å². The first-order valence-electron chi connectivity index (χ1n) is 6.01. The average Bonchev–Trinajstić information content (AvgIpc) is 2.86. The lowest BCUT2D eigenvalue weighted by molar-refractivity contribution is -0.160. The van der Waals surface area contributed by atoms with Crippen LogP contribution in [0.1, 0.15) is 0 Å². The lowest BCUT2D eigenvalue weighted by Crippen LogP contribution is -2.56. The molecule has 0 aliphatic carbocycles. The predicted octanol–water partition coefficient (Wildman–Crippen LogP) is -1.47. The van der Waals surface area contributed by atoms with Crippen molar-refractivity contribution in [3.05, 3.63) is 0 Å². The lowest BCUT2D eigenvalue weighted by Gasteiger charge is -2.35. The van der Waals surface area contributed by atoms with Crippen molar-refractivity contribution in [3.8, 4) is 0 Å². The van der Waals surface area contributed by atoms with Crippen LogP contribution in [0.25, 0.3) is 0 Å². The summed E-state index contributed by atoms with van der Waals surface area (Å²) < 4.78 is 10.4. The van der Waals surface area contributed by atoms with E-state index < -0.39 is 12.0 Å². The van der Waals surface area contributed by atoms with Crippen molar-refractivity contribution < 1.29 is 24.2 Å². The Morgan fingerprint density at radius 3 is 2.72 bits per heavy atom. The van der Waals surface area contributed by atoms with Crippen molar-refractivity contribution in [2.75, 3.05) is 40.0 Å². The molecule has 7 heteroatoms. The Hall–Kier alpha value is -1.18. The predicted molar refractivity (Wildman–Crippen MR) is 61.1 cm³/mol. The average molecular weight is 258 g/mol. The Bertz CT molecular complexity index is 335. The highest BCUT2D eigenvalue weighted by Gasteiger charge is 2.40. The van der Waals surface area contributed by atoms with Crippen molar-refractivity contribution >= 4 is 11.9 Å². The highest BCUT2D eigenvalue weighted by Crippen LogP contribution is 2.19. The summed E-state index contributed by atoms with van der Waals surface area (Å²) in [6.45, 7) is 1.58. The van der Waals surface area contributed by atoms with E-state index in [-0.39, 0.29) is 24.5 Å². The standard InChI is InChI=1S/C11H18N2O5/c1-12-8-5-18-4-7(8)10(14)13-2-3-17-6-9(13)11(15)16/h7-9,12H,2-6H2,1H3,(H,15,16). The normalized spacial score (nSPS) is 32.5. The number of carbonyl (C=O) groups is 2. The van der Waals surface area contributed by atoms with Crippen LogP contribution in [0.4, 0.5) is 0 Å². The molecule has 2 rings (SSSR count). The third-order valence-electron chi connectivity index (χ3n) is 3.47. The molecule has 2 saturated heterocycles. The Kier molecular flexibility index (Phi) is 4.15. The van der Waals surface area contributed by atoms with Crippen molar-refractivity contribution in [1.82, 2.24) is 10.2 Å². The minimum Gasteiger partial charge on any atom is -0.480 e. The van der Waals surface area contributed by atoms with Crippen LogP contribution in [0, 0.1) is 5.92 Å². The van der Waals surface area contributed by atoms with Gasteiger partial charge in [0.05, 0.1) is 32.3 Å². The van der Waals surface area contributed by atoms with Gasteiger partial charge in [-0.25, -0.2) is 4.79 Å². The number of carbonyl (C=O) groups excluding carboxylic acids is 1. The maximum absolute atomic E-state index is 12.4. The molecule has 0 radical (unpaired) electrons. The summed E-state index contributed by atoms with van der Waals surface area (Å²) in [7, 11) is 1.77. The Morgan fingerprint density at radius 1 is 1.28 bits per heavy atom. The molecule has 1 amide bonds. The zero-order valence-electron chi connectivity index (χ0n) is 10.3. The number of morpholine rings is 1. The minimum atomic E-state index is -1.03. The molecule has 3 atom stereocenters. The Balaban J connectivity index is 2.08. The molecule has 7 nitrogen and oxygen atoms in total. The van der Waals surface area contributed by atoms with Gasteiger partial charge in [0.25, 0.3) is 0 Å². The van der Waals surface area contributed by atoms with E-state index >= 15 is 0 Å². The van der Waals surface area contributed by atoms with Crippen LogP contribution in [-0.2, 0) is 19.1 Å². The summed E-state index contributed by atoms with van der Waals surface area (Å²) in [4.78, 5) is 24.9. The van der Waals surface area contributed by atoms with Crippen molar-refractivity contribution in [2.24, 2.45) is 5.92 Å². The number of nitrogens with zero attached hydrogens (tertiary/aromatic N) is 1. The SMILES string of the molecule is CNC1COCC1C(=O)N1CCOCC1C(=O)O. The first-order valence-corrected chi connectivity index (χ1v) is 6.01. The lowest BCUT2D eigenvalue weighted by atomic mass is 10.0. The molecule has 0 aromatic heterocycles. The topological polar surface area (TPSA) is 88.1 Å². The molecule has 0 bridgehead atoms. The van der Waals surface area contributed by atoms with E-state index in [0.29, 0.717) is 26.4 Å². The van der Waals surface area contributed by atoms with Gasteiger partial charge in [-0.15, -0.1) is 0 Å². The molecule has 0 aromatic rings. The number of likely N-dealkylation sites (N-methyl/N-ethyl adjacent to an activating group) is 1. The van der Waals surface area contributed by atoms with Gasteiger partial charge in [0, 0.05) is 12.6 Å². The minimum absolute atomic E-state index is 0.0465. The number of aliphatic carboxylic acids is 1. The molecule has 2 fully saturated rings. The third-order valence-corrected chi connectivity index (χ3v) is 3.47. The zero-order chi connectivity index (χ0) is 13.1. The molecule has 0 aromatic carbocycles.